The Hall–Kier alpha value is -1.66. The van der Waals surface area contributed by atoms with Gasteiger partial charge in [-0.3, -0.25) is 19.7 Å². The quantitative estimate of drug-likeness (QED) is 0.307. The summed E-state index contributed by atoms with van der Waals surface area (Å²) in [5.41, 5.74) is -1.83. The highest BCUT2D eigenvalue weighted by atomic mass is 16.6. The van der Waals surface area contributed by atoms with Gasteiger partial charge in [0, 0.05) is 17.8 Å². The number of hydrogen-bond donors (Lipinski definition) is 1. The van der Waals surface area contributed by atoms with Crippen LogP contribution in [-0.2, 0) is 14.3 Å². The third kappa shape index (κ3) is 3.41. The van der Waals surface area contributed by atoms with Gasteiger partial charge in [-0.2, -0.15) is 0 Å². The van der Waals surface area contributed by atoms with Gasteiger partial charge in [-0.25, -0.2) is 0 Å². The van der Waals surface area contributed by atoms with Crippen LogP contribution in [0.5, 0.6) is 0 Å². The largest absolute Gasteiger partial charge is 0.480 e. The molecule has 7 heteroatoms. The number of carbonyl (C=O) groups excluding carboxylic acids is 1. The minimum Gasteiger partial charge on any atom is -0.480 e. The van der Waals surface area contributed by atoms with Gasteiger partial charge in [0.2, 0.25) is 6.04 Å². The normalized spacial score (nSPS) is 15.5. The van der Waals surface area contributed by atoms with Crippen LogP contribution in [0.1, 0.15) is 40.0 Å². The maximum atomic E-state index is 11.8. The number of nitrogens with zero attached hydrogens (tertiary/aromatic N) is 1. The van der Waals surface area contributed by atoms with Crippen LogP contribution < -0.4 is 0 Å². The monoisotopic (exact) mass is 261 g/mol. The first-order chi connectivity index (χ1) is 8.35. The summed E-state index contributed by atoms with van der Waals surface area (Å²) in [6, 6.07) is -1.06. The van der Waals surface area contributed by atoms with Gasteiger partial charge >= 0.3 is 11.9 Å². The molecule has 0 rings (SSSR count). The van der Waals surface area contributed by atoms with Crippen molar-refractivity contribution in [2.24, 2.45) is 5.41 Å². The molecule has 2 unspecified atom stereocenters. The molecule has 18 heavy (non-hydrogen) atoms. The van der Waals surface area contributed by atoms with E-state index in [1.165, 1.54) is 6.92 Å². The summed E-state index contributed by atoms with van der Waals surface area (Å²) in [7, 11) is 0. The number of esters is 1. The Bertz CT molecular complexity index is 329. The first-order valence-electron chi connectivity index (χ1n) is 5.89. The van der Waals surface area contributed by atoms with Crippen molar-refractivity contribution in [2.45, 2.75) is 46.1 Å². The van der Waals surface area contributed by atoms with Gasteiger partial charge in [0.1, 0.15) is 0 Å². The molecule has 0 amide bonds. The Kier molecular flexibility index (Phi) is 6.29. The summed E-state index contributed by atoms with van der Waals surface area (Å²) in [4.78, 5) is 33.3. The Morgan fingerprint density at radius 3 is 2.22 bits per heavy atom. The number of nitro groups is 1. The van der Waals surface area contributed by atoms with Crippen LogP contribution in [0.3, 0.4) is 0 Å². The molecule has 0 saturated heterocycles. The number of aliphatic carboxylic acids is 1. The molecule has 0 aliphatic heterocycles. The standard InChI is InChI=1S/C11H19NO6/c1-4-8(12(16)17)7-11(5-2,9(13)14)10(15)18-6-3/h8H,4-7H2,1-3H3,(H,13,14). The van der Waals surface area contributed by atoms with Gasteiger partial charge in [0.15, 0.2) is 5.41 Å². The van der Waals surface area contributed by atoms with E-state index in [1.807, 2.05) is 0 Å². The lowest BCUT2D eigenvalue weighted by Crippen LogP contribution is -2.44. The second-order valence-corrected chi connectivity index (χ2v) is 4.01. The van der Waals surface area contributed by atoms with E-state index >= 15 is 0 Å². The summed E-state index contributed by atoms with van der Waals surface area (Å²) in [5, 5.41) is 20.0. The van der Waals surface area contributed by atoms with E-state index < -0.39 is 28.3 Å². The first kappa shape index (κ1) is 16.3. The molecule has 0 aromatic heterocycles. The van der Waals surface area contributed by atoms with Crippen molar-refractivity contribution in [3.63, 3.8) is 0 Å². The minimum absolute atomic E-state index is 0.0362. The average molecular weight is 261 g/mol. The van der Waals surface area contributed by atoms with Crippen LogP contribution in [0.4, 0.5) is 0 Å². The summed E-state index contributed by atoms with van der Waals surface area (Å²) in [5.74, 6) is -2.27. The highest BCUT2D eigenvalue weighted by Crippen LogP contribution is 2.32. The zero-order valence-electron chi connectivity index (χ0n) is 10.8. The van der Waals surface area contributed by atoms with E-state index in [2.05, 4.69) is 0 Å². The average Bonchev–Trinajstić information content (AvgIpc) is 2.30. The lowest BCUT2D eigenvalue weighted by Gasteiger charge is -2.26. The van der Waals surface area contributed by atoms with Crippen molar-refractivity contribution in [1.29, 1.82) is 0 Å². The number of hydrogen-bond acceptors (Lipinski definition) is 5. The molecule has 7 nitrogen and oxygen atoms in total. The maximum Gasteiger partial charge on any atom is 0.323 e. The summed E-state index contributed by atoms with van der Waals surface area (Å²) in [6.45, 7) is 4.70. The lowest BCUT2D eigenvalue weighted by atomic mass is 9.78. The van der Waals surface area contributed by atoms with Gasteiger partial charge in [-0.15, -0.1) is 0 Å². The third-order valence-electron chi connectivity index (χ3n) is 3.03. The third-order valence-corrected chi connectivity index (χ3v) is 3.03. The molecule has 0 radical (unpaired) electrons. The second kappa shape index (κ2) is 6.93. The van der Waals surface area contributed by atoms with Crippen LogP contribution in [0.2, 0.25) is 0 Å². The van der Waals surface area contributed by atoms with Gasteiger partial charge in [-0.1, -0.05) is 13.8 Å². The molecule has 0 fully saturated rings. The van der Waals surface area contributed by atoms with Crippen molar-refractivity contribution >= 4 is 11.9 Å². The zero-order valence-corrected chi connectivity index (χ0v) is 10.8. The highest BCUT2D eigenvalue weighted by molar-refractivity contribution is 5.99. The highest BCUT2D eigenvalue weighted by Gasteiger charge is 2.49. The molecule has 0 bridgehead atoms. The molecule has 0 aromatic carbocycles. The van der Waals surface area contributed by atoms with Crippen molar-refractivity contribution in [2.75, 3.05) is 6.61 Å². The Balaban J connectivity index is 5.26. The molecule has 104 valence electrons. The molecule has 0 spiro atoms. The van der Waals surface area contributed by atoms with Crippen molar-refractivity contribution in [1.82, 2.24) is 0 Å². The van der Waals surface area contributed by atoms with Crippen LogP contribution >= 0.6 is 0 Å². The molecule has 0 aliphatic rings. The number of carbonyl (C=O) groups is 2. The molecule has 0 aliphatic carbocycles. The summed E-state index contributed by atoms with van der Waals surface area (Å²) >= 11 is 0. The number of rotatable bonds is 8. The van der Waals surface area contributed by atoms with E-state index in [0.29, 0.717) is 0 Å². The van der Waals surface area contributed by atoms with E-state index in [0.717, 1.165) is 0 Å². The van der Waals surface area contributed by atoms with E-state index in [-0.39, 0.29) is 25.9 Å². The predicted molar refractivity (Wildman–Crippen MR) is 62.7 cm³/mol. The fourth-order valence-corrected chi connectivity index (χ4v) is 1.74. The second-order valence-electron chi connectivity index (χ2n) is 4.01. The van der Waals surface area contributed by atoms with Gasteiger partial charge in [0.05, 0.1) is 6.61 Å². The Morgan fingerprint density at radius 2 is 1.94 bits per heavy atom. The Morgan fingerprint density at radius 1 is 1.39 bits per heavy atom. The lowest BCUT2D eigenvalue weighted by molar-refractivity contribution is -0.525. The van der Waals surface area contributed by atoms with E-state index in [1.54, 1.807) is 13.8 Å². The van der Waals surface area contributed by atoms with E-state index in [4.69, 9.17) is 4.74 Å². The molecule has 1 N–H and O–H groups in total. The van der Waals surface area contributed by atoms with Crippen molar-refractivity contribution in [3.8, 4) is 0 Å². The molecule has 2 atom stereocenters. The molecular weight excluding hydrogens is 242 g/mol. The fourth-order valence-electron chi connectivity index (χ4n) is 1.74. The first-order valence-corrected chi connectivity index (χ1v) is 5.89. The van der Waals surface area contributed by atoms with Gasteiger partial charge in [0.25, 0.3) is 0 Å². The summed E-state index contributed by atoms with van der Waals surface area (Å²) in [6.07, 6.45) is -0.214. The number of carboxylic acid groups (broad SMARTS) is 1. The summed E-state index contributed by atoms with van der Waals surface area (Å²) < 4.78 is 4.74. The predicted octanol–water partition coefficient (Wildman–Crippen LogP) is 1.48. The molecule has 0 heterocycles. The van der Waals surface area contributed by atoms with Crippen LogP contribution in [-0.4, -0.2) is 34.6 Å². The minimum atomic E-state index is -1.83. The van der Waals surface area contributed by atoms with Crippen molar-refractivity contribution in [3.05, 3.63) is 10.1 Å². The number of carboxylic acids is 1. The Labute approximate surface area is 105 Å². The maximum absolute atomic E-state index is 11.8. The smallest absolute Gasteiger partial charge is 0.323 e. The van der Waals surface area contributed by atoms with Crippen LogP contribution in [0.15, 0.2) is 0 Å². The molecule has 0 saturated carbocycles. The fraction of sp³-hybridized carbons (Fsp3) is 0.818. The zero-order chi connectivity index (χ0) is 14.3. The van der Waals surface area contributed by atoms with E-state index in [9.17, 15) is 24.8 Å². The van der Waals surface area contributed by atoms with Crippen molar-refractivity contribution < 1.29 is 24.4 Å². The van der Waals surface area contributed by atoms with Gasteiger partial charge in [-0.05, 0) is 13.3 Å². The van der Waals surface area contributed by atoms with Gasteiger partial charge < -0.3 is 9.84 Å². The van der Waals surface area contributed by atoms with Crippen LogP contribution in [0.25, 0.3) is 0 Å². The number of ether oxygens (including phenoxy) is 1. The van der Waals surface area contributed by atoms with Crippen LogP contribution in [0, 0.1) is 15.5 Å². The molecule has 0 aromatic rings. The molecular formula is C11H19NO6. The SMILES string of the molecule is CCOC(=O)C(CC)(CC(CC)[N+](=O)[O-])C(=O)O. The topological polar surface area (TPSA) is 107 Å².